The van der Waals surface area contributed by atoms with E-state index < -0.39 is 10.8 Å². The van der Waals surface area contributed by atoms with Crippen molar-refractivity contribution >= 4 is 16.5 Å². The fraction of sp³-hybridized carbons (Fsp3) is 0.400. The number of nitrogen functional groups attached to an aromatic ring is 1. The molecule has 0 aliphatic carbocycles. The highest BCUT2D eigenvalue weighted by molar-refractivity contribution is 7.85. The van der Waals surface area contributed by atoms with Crippen LogP contribution >= 0.6 is 0 Å². The van der Waals surface area contributed by atoms with Crippen LogP contribution in [0.5, 0.6) is 0 Å². The van der Waals surface area contributed by atoms with Crippen molar-refractivity contribution in [2.24, 2.45) is 0 Å². The Bertz CT molecular complexity index is 328. The summed E-state index contributed by atoms with van der Waals surface area (Å²) in [4.78, 5) is 0.691. The molecule has 4 heteroatoms. The third-order valence-corrected chi connectivity index (χ3v) is 3.59. The zero-order valence-corrected chi connectivity index (χ0v) is 9.21. The molecule has 14 heavy (non-hydrogen) atoms. The largest absolute Gasteiger partial charge is 0.398 e. The minimum Gasteiger partial charge on any atom is -0.398 e. The van der Waals surface area contributed by atoms with Gasteiger partial charge in [0.15, 0.2) is 0 Å². The summed E-state index contributed by atoms with van der Waals surface area (Å²) in [6.45, 7) is 1.89. The summed E-state index contributed by atoms with van der Waals surface area (Å²) in [7, 11) is 0.532. The second kappa shape index (κ2) is 5.12. The molecule has 0 radical (unpaired) electrons. The van der Waals surface area contributed by atoms with Gasteiger partial charge in [-0.2, -0.15) is 0 Å². The van der Waals surface area contributed by atoms with Crippen LogP contribution in [0.1, 0.15) is 6.92 Å². The molecule has 0 spiro atoms. The van der Waals surface area contributed by atoms with Crippen molar-refractivity contribution in [3.8, 4) is 0 Å². The molecular weight excluding hydrogens is 198 g/mol. The van der Waals surface area contributed by atoms with Gasteiger partial charge in [0.2, 0.25) is 0 Å². The van der Waals surface area contributed by atoms with Crippen LogP contribution in [-0.4, -0.2) is 23.2 Å². The lowest BCUT2D eigenvalue weighted by Crippen LogP contribution is -2.16. The Morgan fingerprint density at radius 1 is 1.50 bits per heavy atom. The van der Waals surface area contributed by atoms with Gasteiger partial charge in [-0.05, 0) is 19.1 Å². The SMILES string of the molecule is COC(C)CS(=O)c1ccccc1N. The summed E-state index contributed by atoms with van der Waals surface area (Å²) in [6, 6.07) is 7.20. The number of nitrogens with two attached hydrogens (primary N) is 1. The summed E-state index contributed by atoms with van der Waals surface area (Å²) < 4.78 is 16.8. The van der Waals surface area contributed by atoms with Crippen LogP contribution < -0.4 is 5.73 Å². The standard InChI is InChI=1S/C10H15NO2S/c1-8(13-2)7-14(12)10-6-4-3-5-9(10)11/h3-6,8H,7,11H2,1-2H3. The number of ether oxygens (including phenoxy) is 1. The number of hydrogen-bond acceptors (Lipinski definition) is 3. The van der Waals surface area contributed by atoms with E-state index in [2.05, 4.69) is 0 Å². The van der Waals surface area contributed by atoms with E-state index in [1.807, 2.05) is 19.1 Å². The van der Waals surface area contributed by atoms with Gasteiger partial charge in [-0.1, -0.05) is 12.1 Å². The van der Waals surface area contributed by atoms with Gasteiger partial charge in [0.05, 0.1) is 27.6 Å². The van der Waals surface area contributed by atoms with Crippen LogP contribution in [0.4, 0.5) is 5.69 Å². The molecule has 0 bridgehead atoms. The Labute approximate surface area is 86.7 Å². The van der Waals surface area contributed by atoms with Gasteiger partial charge in [-0.15, -0.1) is 0 Å². The minimum atomic E-state index is -1.07. The van der Waals surface area contributed by atoms with Crippen LogP contribution in [0, 0.1) is 0 Å². The maximum atomic E-state index is 11.8. The average Bonchev–Trinajstić information content (AvgIpc) is 2.18. The maximum absolute atomic E-state index is 11.8. The number of anilines is 1. The number of rotatable bonds is 4. The summed E-state index contributed by atoms with van der Waals surface area (Å²) in [5, 5.41) is 0. The number of para-hydroxylation sites is 1. The Morgan fingerprint density at radius 2 is 2.14 bits per heavy atom. The highest BCUT2D eigenvalue weighted by atomic mass is 32.2. The van der Waals surface area contributed by atoms with E-state index in [1.165, 1.54) is 0 Å². The topological polar surface area (TPSA) is 52.3 Å². The molecule has 1 aromatic rings. The first-order valence-corrected chi connectivity index (χ1v) is 5.72. The molecule has 0 saturated carbocycles. The van der Waals surface area contributed by atoms with Gasteiger partial charge in [0.25, 0.3) is 0 Å². The van der Waals surface area contributed by atoms with Crippen molar-refractivity contribution in [3.05, 3.63) is 24.3 Å². The van der Waals surface area contributed by atoms with E-state index in [1.54, 1.807) is 19.2 Å². The summed E-state index contributed by atoms with van der Waals surface area (Å²) in [5.41, 5.74) is 6.28. The first-order chi connectivity index (χ1) is 6.65. The van der Waals surface area contributed by atoms with Crippen LogP contribution in [0.3, 0.4) is 0 Å². The maximum Gasteiger partial charge on any atom is 0.0662 e. The quantitative estimate of drug-likeness (QED) is 0.769. The van der Waals surface area contributed by atoms with Crippen LogP contribution in [-0.2, 0) is 15.5 Å². The first kappa shape index (κ1) is 11.2. The normalized spacial score (nSPS) is 15.0. The molecule has 2 atom stereocenters. The van der Waals surface area contributed by atoms with E-state index in [0.29, 0.717) is 16.3 Å². The molecule has 2 unspecified atom stereocenters. The second-order valence-electron chi connectivity index (χ2n) is 3.10. The smallest absolute Gasteiger partial charge is 0.0662 e. The predicted octanol–water partition coefficient (Wildman–Crippen LogP) is 1.41. The summed E-state index contributed by atoms with van der Waals surface area (Å²) >= 11 is 0. The molecular formula is C10H15NO2S. The van der Waals surface area contributed by atoms with Crippen molar-refractivity contribution in [3.63, 3.8) is 0 Å². The molecule has 0 heterocycles. The fourth-order valence-electron chi connectivity index (χ4n) is 1.06. The fourth-order valence-corrected chi connectivity index (χ4v) is 2.36. The molecule has 0 saturated heterocycles. The molecule has 1 aromatic carbocycles. The molecule has 0 amide bonds. The van der Waals surface area contributed by atoms with E-state index in [9.17, 15) is 4.21 Å². The highest BCUT2D eigenvalue weighted by Gasteiger charge is 2.10. The van der Waals surface area contributed by atoms with Gasteiger partial charge in [0.1, 0.15) is 0 Å². The summed E-state index contributed by atoms with van der Waals surface area (Å²) in [5.74, 6) is 0.477. The second-order valence-corrected chi connectivity index (χ2v) is 4.56. The van der Waals surface area contributed by atoms with E-state index in [0.717, 1.165) is 0 Å². The Kier molecular flexibility index (Phi) is 4.10. The molecule has 1 rings (SSSR count). The first-order valence-electron chi connectivity index (χ1n) is 4.41. The Hall–Kier alpha value is -0.870. The van der Waals surface area contributed by atoms with Crippen molar-refractivity contribution in [2.75, 3.05) is 18.6 Å². The third-order valence-electron chi connectivity index (χ3n) is 1.95. The summed E-state index contributed by atoms with van der Waals surface area (Å²) in [6.07, 6.45) is -0.0181. The monoisotopic (exact) mass is 213 g/mol. The Balaban J connectivity index is 2.75. The van der Waals surface area contributed by atoms with Gasteiger partial charge >= 0.3 is 0 Å². The molecule has 0 aromatic heterocycles. The highest BCUT2D eigenvalue weighted by Crippen LogP contribution is 2.16. The molecule has 0 aliphatic heterocycles. The van der Waals surface area contributed by atoms with Gasteiger partial charge in [-0.25, -0.2) is 0 Å². The van der Waals surface area contributed by atoms with E-state index >= 15 is 0 Å². The van der Waals surface area contributed by atoms with Crippen molar-refractivity contribution in [2.45, 2.75) is 17.9 Å². The van der Waals surface area contributed by atoms with Gasteiger partial charge < -0.3 is 10.5 Å². The molecule has 0 aliphatic rings. The number of methoxy groups -OCH3 is 1. The predicted molar refractivity (Wildman–Crippen MR) is 58.6 cm³/mol. The van der Waals surface area contributed by atoms with Crippen molar-refractivity contribution in [1.29, 1.82) is 0 Å². The third kappa shape index (κ3) is 2.82. The molecule has 2 N–H and O–H groups in total. The lowest BCUT2D eigenvalue weighted by atomic mass is 10.3. The molecule has 3 nitrogen and oxygen atoms in total. The zero-order chi connectivity index (χ0) is 10.6. The van der Waals surface area contributed by atoms with E-state index in [4.69, 9.17) is 10.5 Å². The molecule has 78 valence electrons. The average molecular weight is 213 g/mol. The molecule has 0 fully saturated rings. The number of benzene rings is 1. The van der Waals surface area contributed by atoms with Gasteiger partial charge in [-0.3, -0.25) is 4.21 Å². The van der Waals surface area contributed by atoms with Crippen molar-refractivity contribution in [1.82, 2.24) is 0 Å². The minimum absolute atomic E-state index is 0.0181. The lowest BCUT2D eigenvalue weighted by molar-refractivity contribution is 0.137. The lowest BCUT2D eigenvalue weighted by Gasteiger charge is -2.10. The van der Waals surface area contributed by atoms with Gasteiger partial charge in [0, 0.05) is 12.8 Å². The van der Waals surface area contributed by atoms with Crippen LogP contribution in [0.25, 0.3) is 0 Å². The van der Waals surface area contributed by atoms with Crippen molar-refractivity contribution < 1.29 is 8.95 Å². The van der Waals surface area contributed by atoms with E-state index in [-0.39, 0.29) is 6.10 Å². The van der Waals surface area contributed by atoms with Crippen LogP contribution in [0.2, 0.25) is 0 Å². The number of hydrogen-bond donors (Lipinski definition) is 1. The van der Waals surface area contributed by atoms with Crippen LogP contribution in [0.15, 0.2) is 29.2 Å². The Morgan fingerprint density at radius 3 is 2.71 bits per heavy atom. The zero-order valence-electron chi connectivity index (χ0n) is 8.40.